The van der Waals surface area contributed by atoms with Crippen molar-refractivity contribution in [3.63, 3.8) is 0 Å². The maximum absolute atomic E-state index is 4.10. The average Bonchev–Trinajstić information content (AvgIpc) is 2.97. The number of rotatable bonds is 1. The van der Waals surface area contributed by atoms with Crippen molar-refractivity contribution in [2.24, 2.45) is 0 Å². The Kier molecular flexibility index (Phi) is 3.13. The van der Waals surface area contributed by atoms with Crippen molar-refractivity contribution in [2.75, 3.05) is 0 Å². The fourth-order valence-corrected chi connectivity index (χ4v) is 1.50. The molecule has 3 aromatic heterocycles. The summed E-state index contributed by atoms with van der Waals surface area (Å²) in [6.45, 7) is 5.94. The van der Waals surface area contributed by atoms with Gasteiger partial charge in [-0.2, -0.15) is 5.10 Å². The van der Waals surface area contributed by atoms with E-state index in [1.165, 1.54) is 0 Å². The van der Waals surface area contributed by atoms with Crippen molar-refractivity contribution in [3.8, 4) is 11.4 Å². The molecule has 17 heavy (non-hydrogen) atoms. The van der Waals surface area contributed by atoms with E-state index in [2.05, 4.69) is 25.4 Å². The van der Waals surface area contributed by atoms with Crippen LogP contribution in [-0.4, -0.2) is 29.8 Å². The van der Waals surface area contributed by atoms with Gasteiger partial charge in [0.1, 0.15) is 0 Å². The molecule has 0 bridgehead atoms. The van der Waals surface area contributed by atoms with Crippen LogP contribution in [0.25, 0.3) is 17.2 Å². The summed E-state index contributed by atoms with van der Waals surface area (Å²) >= 11 is 0. The molecule has 0 aliphatic heterocycles. The summed E-state index contributed by atoms with van der Waals surface area (Å²) in [4.78, 5) is 4.10. The molecule has 0 spiro atoms. The highest BCUT2D eigenvalue weighted by atomic mass is 15.3. The first kappa shape index (κ1) is 11.3. The predicted molar refractivity (Wildman–Crippen MR) is 64.4 cm³/mol. The third-order valence-corrected chi connectivity index (χ3v) is 2.26. The number of H-pyrrole nitrogens is 1. The summed E-state index contributed by atoms with van der Waals surface area (Å²) in [7, 11) is 0. The highest BCUT2D eigenvalue weighted by Crippen LogP contribution is 2.18. The number of aromatic amines is 1. The quantitative estimate of drug-likeness (QED) is 0.692. The minimum atomic E-state index is 0.591. The molecule has 0 saturated heterocycles. The van der Waals surface area contributed by atoms with Gasteiger partial charge in [-0.25, -0.2) is 4.98 Å². The van der Waals surface area contributed by atoms with Gasteiger partial charge in [0, 0.05) is 18.1 Å². The molecule has 88 valence electrons. The maximum Gasteiger partial charge on any atom is 0.255 e. The molecule has 0 atom stereocenters. The molecular formula is C11H14N6. The smallest absolute Gasteiger partial charge is 0.255 e. The van der Waals surface area contributed by atoms with E-state index >= 15 is 0 Å². The Morgan fingerprint density at radius 3 is 2.76 bits per heavy atom. The van der Waals surface area contributed by atoms with Gasteiger partial charge in [0.15, 0.2) is 5.82 Å². The van der Waals surface area contributed by atoms with E-state index in [0.29, 0.717) is 5.78 Å². The van der Waals surface area contributed by atoms with Gasteiger partial charge in [-0.05, 0) is 13.0 Å². The third kappa shape index (κ3) is 1.89. The molecule has 0 aromatic carbocycles. The number of aromatic nitrogens is 6. The van der Waals surface area contributed by atoms with E-state index in [1.54, 1.807) is 12.4 Å². The van der Waals surface area contributed by atoms with Gasteiger partial charge in [0.2, 0.25) is 0 Å². The molecule has 3 rings (SSSR count). The Morgan fingerprint density at radius 1 is 1.24 bits per heavy atom. The Morgan fingerprint density at radius 2 is 2.06 bits per heavy atom. The molecule has 0 radical (unpaired) electrons. The largest absolute Gasteiger partial charge is 0.282 e. The Hall–Kier alpha value is -2.24. The summed E-state index contributed by atoms with van der Waals surface area (Å²) in [6, 6.07) is 1.84. The second-order valence-electron chi connectivity index (χ2n) is 3.22. The Bertz CT molecular complexity index is 609. The zero-order chi connectivity index (χ0) is 12.3. The van der Waals surface area contributed by atoms with Gasteiger partial charge in [-0.3, -0.25) is 9.50 Å². The van der Waals surface area contributed by atoms with Crippen LogP contribution in [0.4, 0.5) is 0 Å². The van der Waals surface area contributed by atoms with Crippen molar-refractivity contribution in [2.45, 2.75) is 20.8 Å². The molecule has 0 fully saturated rings. The Balaban J connectivity index is 0.000000514. The van der Waals surface area contributed by atoms with Crippen LogP contribution in [0.5, 0.6) is 0 Å². The van der Waals surface area contributed by atoms with Crippen LogP contribution < -0.4 is 0 Å². The highest BCUT2D eigenvalue weighted by molar-refractivity contribution is 5.59. The van der Waals surface area contributed by atoms with Crippen LogP contribution in [0.1, 0.15) is 19.5 Å². The van der Waals surface area contributed by atoms with Crippen molar-refractivity contribution in [1.82, 2.24) is 29.8 Å². The van der Waals surface area contributed by atoms with Gasteiger partial charge in [-0.15, -0.1) is 10.2 Å². The van der Waals surface area contributed by atoms with Gasteiger partial charge in [0.25, 0.3) is 5.78 Å². The summed E-state index contributed by atoms with van der Waals surface area (Å²) in [5, 5.41) is 14.9. The van der Waals surface area contributed by atoms with Gasteiger partial charge < -0.3 is 0 Å². The van der Waals surface area contributed by atoms with Crippen LogP contribution in [-0.2, 0) is 0 Å². The number of aryl methyl sites for hydroxylation is 1. The minimum absolute atomic E-state index is 0.591. The SMILES string of the molecule is CC.Cc1[nH]ncc1-c1nnc2ncccn12. The zero-order valence-corrected chi connectivity index (χ0v) is 10.0. The molecule has 0 amide bonds. The molecule has 3 heterocycles. The fourth-order valence-electron chi connectivity index (χ4n) is 1.50. The second-order valence-corrected chi connectivity index (χ2v) is 3.22. The summed E-state index contributed by atoms with van der Waals surface area (Å²) in [5.74, 6) is 1.34. The maximum atomic E-state index is 4.10. The van der Waals surface area contributed by atoms with E-state index in [1.807, 2.05) is 37.4 Å². The van der Waals surface area contributed by atoms with Crippen LogP contribution in [0.3, 0.4) is 0 Å². The lowest BCUT2D eigenvalue weighted by Gasteiger charge is -1.95. The Labute approximate surface area is 98.7 Å². The third-order valence-electron chi connectivity index (χ3n) is 2.26. The van der Waals surface area contributed by atoms with Crippen LogP contribution in [0.2, 0.25) is 0 Å². The highest BCUT2D eigenvalue weighted by Gasteiger charge is 2.11. The van der Waals surface area contributed by atoms with Gasteiger partial charge in [0.05, 0.1) is 11.8 Å². The summed E-state index contributed by atoms with van der Waals surface area (Å²) in [5.41, 5.74) is 1.91. The molecule has 3 aromatic rings. The normalized spacial score (nSPS) is 10.1. The van der Waals surface area contributed by atoms with Crippen molar-refractivity contribution in [1.29, 1.82) is 0 Å². The minimum Gasteiger partial charge on any atom is -0.282 e. The topological polar surface area (TPSA) is 71.8 Å². The van der Waals surface area contributed by atoms with Gasteiger partial charge in [-0.1, -0.05) is 13.8 Å². The standard InChI is InChI=1S/C9H8N6.C2H6/c1-6-7(5-11-12-6)8-13-14-9-10-3-2-4-15(8)9;1-2/h2-5H,1H3,(H,11,12);1-2H3. The molecule has 0 unspecified atom stereocenters. The number of hydrogen-bond acceptors (Lipinski definition) is 4. The lowest BCUT2D eigenvalue weighted by molar-refractivity contribution is 1.04. The lowest BCUT2D eigenvalue weighted by Crippen LogP contribution is -1.90. The first-order chi connectivity index (χ1) is 8.36. The zero-order valence-electron chi connectivity index (χ0n) is 10.0. The molecule has 1 N–H and O–H groups in total. The summed E-state index contributed by atoms with van der Waals surface area (Å²) < 4.78 is 1.83. The predicted octanol–water partition coefficient (Wildman–Crippen LogP) is 1.85. The van der Waals surface area contributed by atoms with Crippen molar-refractivity contribution >= 4 is 5.78 Å². The monoisotopic (exact) mass is 230 g/mol. The van der Waals surface area contributed by atoms with Crippen LogP contribution >= 0.6 is 0 Å². The number of nitrogens with one attached hydrogen (secondary N) is 1. The molecular weight excluding hydrogens is 216 g/mol. The van der Waals surface area contributed by atoms with E-state index in [9.17, 15) is 0 Å². The van der Waals surface area contributed by atoms with Crippen molar-refractivity contribution in [3.05, 3.63) is 30.4 Å². The summed E-state index contributed by atoms with van der Waals surface area (Å²) in [6.07, 6.45) is 5.30. The first-order valence-electron chi connectivity index (χ1n) is 5.52. The van der Waals surface area contributed by atoms with Crippen molar-refractivity contribution < 1.29 is 0 Å². The van der Waals surface area contributed by atoms with Crippen LogP contribution in [0, 0.1) is 6.92 Å². The average molecular weight is 230 g/mol. The van der Waals surface area contributed by atoms with Crippen LogP contribution in [0.15, 0.2) is 24.7 Å². The van der Waals surface area contributed by atoms with Gasteiger partial charge >= 0.3 is 0 Å². The fraction of sp³-hybridized carbons (Fsp3) is 0.273. The molecule has 6 heteroatoms. The molecule has 0 aliphatic rings. The van der Waals surface area contributed by atoms with E-state index in [0.717, 1.165) is 17.1 Å². The molecule has 0 saturated carbocycles. The van der Waals surface area contributed by atoms with E-state index in [-0.39, 0.29) is 0 Å². The second kappa shape index (κ2) is 4.73. The first-order valence-corrected chi connectivity index (χ1v) is 5.52. The lowest BCUT2D eigenvalue weighted by atomic mass is 10.2. The number of hydrogen-bond donors (Lipinski definition) is 1. The number of fused-ring (bicyclic) bond motifs is 1. The molecule has 0 aliphatic carbocycles. The van der Waals surface area contributed by atoms with E-state index in [4.69, 9.17) is 0 Å². The number of nitrogens with zero attached hydrogens (tertiary/aromatic N) is 5. The molecule has 6 nitrogen and oxygen atoms in total. The van der Waals surface area contributed by atoms with E-state index < -0.39 is 0 Å².